The second kappa shape index (κ2) is 9.31. The van der Waals surface area contributed by atoms with Gasteiger partial charge in [0.25, 0.3) is 0 Å². The van der Waals surface area contributed by atoms with Crippen LogP contribution >= 0.6 is 0 Å². The summed E-state index contributed by atoms with van der Waals surface area (Å²) in [5, 5.41) is 3.38. The maximum absolute atomic E-state index is 13.4. The van der Waals surface area contributed by atoms with Crippen LogP contribution in [-0.2, 0) is 11.3 Å². The largest absolute Gasteiger partial charge is 0.375 e. The maximum atomic E-state index is 13.4. The van der Waals surface area contributed by atoms with Gasteiger partial charge in [0.1, 0.15) is 11.6 Å². The standard InChI is InChI=1S/C24H30F2N2O/c25-20-14-18(15-21(26)16-20)17-28-12-7-22(19-5-10-27-11-6-19)23-4-3-13-29-24(23)8-1-2-9-24/h5-6,10-11,14-16,22-23,28H,1-4,7-9,12-13,17H2. The van der Waals surface area contributed by atoms with Gasteiger partial charge in [-0.3, -0.25) is 4.98 Å². The Morgan fingerprint density at radius 3 is 2.52 bits per heavy atom. The molecule has 0 amide bonds. The van der Waals surface area contributed by atoms with E-state index in [-0.39, 0.29) is 5.60 Å². The molecule has 156 valence electrons. The molecule has 1 N–H and O–H groups in total. The summed E-state index contributed by atoms with van der Waals surface area (Å²) in [6, 6.07) is 7.94. The van der Waals surface area contributed by atoms with Crippen molar-refractivity contribution in [2.75, 3.05) is 13.2 Å². The summed E-state index contributed by atoms with van der Waals surface area (Å²) in [5.74, 6) is -0.152. The predicted octanol–water partition coefficient (Wildman–Crippen LogP) is 5.36. The highest BCUT2D eigenvalue weighted by Gasteiger charge is 2.47. The fraction of sp³-hybridized carbons (Fsp3) is 0.542. The number of nitrogens with one attached hydrogen (secondary N) is 1. The Morgan fingerprint density at radius 2 is 1.79 bits per heavy atom. The molecule has 2 aromatic rings. The minimum Gasteiger partial charge on any atom is -0.375 e. The number of benzene rings is 1. The normalized spacial score (nSPS) is 22.1. The first-order valence-corrected chi connectivity index (χ1v) is 10.9. The molecule has 1 saturated carbocycles. The van der Waals surface area contributed by atoms with E-state index in [9.17, 15) is 8.78 Å². The third-order valence-corrected chi connectivity index (χ3v) is 6.68. The van der Waals surface area contributed by atoms with Crippen LogP contribution in [0.2, 0.25) is 0 Å². The van der Waals surface area contributed by atoms with Crippen molar-refractivity contribution >= 4 is 0 Å². The van der Waals surface area contributed by atoms with Crippen molar-refractivity contribution in [2.24, 2.45) is 5.92 Å². The zero-order valence-electron chi connectivity index (χ0n) is 16.9. The molecule has 1 aliphatic carbocycles. The number of ether oxygens (including phenoxy) is 1. The van der Waals surface area contributed by atoms with Gasteiger partial charge in [-0.05, 0) is 85.9 Å². The number of hydrogen-bond donors (Lipinski definition) is 1. The van der Waals surface area contributed by atoms with Crippen LogP contribution in [0.4, 0.5) is 8.78 Å². The molecule has 1 saturated heterocycles. The Kier molecular flexibility index (Phi) is 6.56. The van der Waals surface area contributed by atoms with Crippen molar-refractivity contribution in [3.8, 4) is 0 Å². The smallest absolute Gasteiger partial charge is 0.126 e. The van der Waals surface area contributed by atoms with Crippen LogP contribution in [0.3, 0.4) is 0 Å². The van der Waals surface area contributed by atoms with Gasteiger partial charge in [0.05, 0.1) is 5.60 Å². The summed E-state index contributed by atoms with van der Waals surface area (Å²) in [4.78, 5) is 4.20. The maximum Gasteiger partial charge on any atom is 0.126 e. The number of rotatable bonds is 7. The summed E-state index contributed by atoms with van der Waals surface area (Å²) >= 11 is 0. The SMILES string of the molecule is Fc1cc(F)cc(CNCCC(c2ccncc2)C2CCCOC23CCCC3)c1. The van der Waals surface area contributed by atoms with Crippen LogP contribution in [0, 0.1) is 17.6 Å². The van der Waals surface area contributed by atoms with Gasteiger partial charge in [-0.15, -0.1) is 0 Å². The average Bonchev–Trinajstić information content (AvgIpc) is 3.18. The molecule has 1 spiro atoms. The van der Waals surface area contributed by atoms with Gasteiger partial charge in [-0.25, -0.2) is 8.78 Å². The molecule has 5 heteroatoms. The zero-order chi connectivity index (χ0) is 20.1. The van der Waals surface area contributed by atoms with Crippen molar-refractivity contribution in [1.82, 2.24) is 10.3 Å². The fourth-order valence-electron chi connectivity index (χ4n) is 5.42. The van der Waals surface area contributed by atoms with E-state index in [1.165, 1.54) is 37.0 Å². The molecule has 2 fully saturated rings. The van der Waals surface area contributed by atoms with Crippen LogP contribution in [0.15, 0.2) is 42.7 Å². The van der Waals surface area contributed by atoms with E-state index in [0.29, 0.717) is 23.9 Å². The van der Waals surface area contributed by atoms with Crippen LogP contribution in [-0.4, -0.2) is 23.7 Å². The van der Waals surface area contributed by atoms with Gasteiger partial charge in [0.15, 0.2) is 0 Å². The molecule has 0 radical (unpaired) electrons. The molecule has 4 rings (SSSR count). The minimum atomic E-state index is -0.529. The first-order valence-electron chi connectivity index (χ1n) is 10.9. The van der Waals surface area contributed by atoms with Crippen molar-refractivity contribution in [3.05, 3.63) is 65.5 Å². The summed E-state index contributed by atoms with van der Waals surface area (Å²) in [6.07, 6.45) is 11.9. The lowest BCUT2D eigenvalue weighted by molar-refractivity contribution is -0.122. The third kappa shape index (κ3) is 4.84. The minimum absolute atomic E-state index is 0.0257. The second-order valence-electron chi connectivity index (χ2n) is 8.50. The van der Waals surface area contributed by atoms with Crippen molar-refractivity contribution in [2.45, 2.75) is 63.0 Å². The van der Waals surface area contributed by atoms with E-state index in [1.54, 1.807) is 0 Å². The summed E-state index contributed by atoms with van der Waals surface area (Å²) in [5.41, 5.74) is 1.98. The van der Waals surface area contributed by atoms with Crippen molar-refractivity contribution in [3.63, 3.8) is 0 Å². The first-order chi connectivity index (χ1) is 14.2. The number of aromatic nitrogens is 1. The van der Waals surface area contributed by atoms with E-state index in [2.05, 4.69) is 22.4 Å². The first kappa shape index (κ1) is 20.4. The lowest BCUT2D eigenvalue weighted by Gasteiger charge is -2.45. The summed E-state index contributed by atoms with van der Waals surface area (Å²) in [6.45, 7) is 2.13. The monoisotopic (exact) mass is 400 g/mol. The highest BCUT2D eigenvalue weighted by atomic mass is 19.1. The topological polar surface area (TPSA) is 34.2 Å². The van der Waals surface area contributed by atoms with Gasteiger partial charge in [-0.2, -0.15) is 0 Å². The van der Waals surface area contributed by atoms with E-state index in [4.69, 9.17) is 4.74 Å². The van der Waals surface area contributed by atoms with Crippen LogP contribution in [0.25, 0.3) is 0 Å². The Bertz CT molecular complexity index is 772. The molecule has 1 aromatic heterocycles. The molecule has 2 aliphatic rings. The average molecular weight is 401 g/mol. The Balaban J connectivity index is 1.45. The number of hydrogen-bond acceptors (Lipinski definition) is 3. The van der Waals surface area contributed by atoms with Gasteiger partial charge < -0.3 is 10.1 Å². The van der Waals surface area contributed by atoms with Crippen molar-refractivity contribution < 1.29 is 13.5 Å². The van der Waals surface area contributed by atoms with E-state index in [0.717, 1.165) is 44.9 Å². The van der Waals surface area contributed by atoms with Crippen molar-refractivity contribution in [1.29, 1.82) is 0 Å². The van der Waals surface area contributed by atoms with E-state index < -0.39 is 11.6 Å². The molecule has 0 bridgehead atoms. The molecular formula is C24H30F2N2O. The van der Waals surface area contributed by atoms with Crippen LogP contribution in [0.1, 0.15) is 62.0 Å². The Labute approximate surface area is 171 Å². The predicted molar refractivity (Wildman–Crippen MR) is 110 cm³/mol. The third-order valence-electron chi connectivity index (χ3n) is 6.68. The molecule has 2 unspecified atom stereocenters. The van der Waals surface area contributed by atoms with Gasteiger partial charge in [0, 0.05) is 31.6 Å². The lowest BCUT2D eigenvalue weighted by Crippen LogP contribution is -2.45. The highest BCUT2D eigenvalue weighted by Crippen LogP contribution is 2.50. The molecular weight excluding hydrogens is 370 g/mol. The molecule has 1 aromatic carbocycles. The quantitative estimate of drug-likeness (QED) is 0.635. The van der Waals surface area contributed by atoms with E-state index in [1.807, 2.05) is 12.4 Å². The number of nitrogens with zero attached hydrogens (tertiary/aromatic N) is 1. The Hall–Kier alpha value is -1.85. The highest BCUT2D eigenvalue weighted by molar-refractivity contribution is 5.20. The molecule has 2 atom stereocenters. The number of halogens is 2. The molecule has 29 heavy (non-hydrogen) atoms. The lowest BCUT2D eigenvalue weighted by atomic mass is 9.69. The number of pyridine rings is 1. The fourth-order valence-corrected chi connectivity index (χ4v) is 5.42. The van der Waals surface area contributed by atoms with E-state index >= 15 is 0 Å². The van der Waals surface area contributed by atoms with Gasteiger partial charge in [0.2, 0.25) is 0 Å². The zero-order valence-corrected chi connectivity index (χ0v) is 16.9. The Morgan fingerprint density at radius 1 is 1.07 bits per heavy atom. The van der Waals surface area contributed by atoms with Gasteiger partial charge in [-0.1, -0.05) is 12.8 Å². The molecule has 3 nitrogen and oxygen atoms in total. The molecule has 2 heterocycles. The van der Waals surface area contributed by atoms with Crippen LogP contribution in [0.5, 0.6) is 0 Å². The summed E-state index contributed by atoms with van der Waals surface area (Å²) < 4.78 is 33.2. The summed E-state index contributed by atoms with van der Waals surface area (Å²) in [7, 11) is 0. The molecule has 1 aliphatic heterocycles. The van der Waals surface area contributed by atoms with Gasteiger partial charge >= 0.3 is 0 Å². The second-order valence-corrected chi connectivity index (χ2v) is 8.50. The van der Waals surface area contributed by atoms with Crippen LogP contribution < -0.4 is 5.32 Å².